The Bertz CT molecular complexity index is 307. The summed E-state index contributed by atoms with van der Waals surface area (Å²) in [6.07, 6.45) is 14.7. The summed E-state index contributed by atoms with van der Waals surface area (Å²) in [6.45, 7) is 0. The first-order valence-electron chi connectivity index (χ1n) is 8.90. The van der Waals surface area contributed by atoms with Crippen molar-refractivity contribution in [2.45, 2.75) is 88.3 Å². The lowest BCUT2D eigenvalue weighted by Gasteiger charge is -2.07. The molecule has 0 heterocycles. The number of rotatable bonds is 15. The number of hydrogen-bond donors (Lipinski definition) is 0. The molecule has 0 spiro atoms. The first-order valence-corrected chi connectivity index (χ1v) is 9.82. The van der Waals surface area contributed by atoms with Gasteiger partial charge in [-0.05, 0) is 12.8 Å². The zero-order valence-electron chi connectivity index (χ0n) is 14.8. The van der Waals surface area contributed by atoms with Gasteiger partial charge in [-0.25, -0.2) is 0 Å². The Morgan fingerprint density at radius 1 is 0.739 bits per heavy atom. The molecule has 136 valence electrons. The van der Waals surface area contributed by atoms with Gasteiger partial charge in [-0.15, -0.1) is 0 Å². The lowest BCUT2D eigenvalue weighted by atomic mass is 10.0. The number of unbranched alkanes of at least 4 members (excludes halogenated alkanes) is 10. The van der Waals surface area contributed by atoms with Crippen molar-refractivity contribution in [1.29, 1.82) is 0 Å². The molecule has 0 saturated carbocycles. The van der Waals surface area contributed by atoms with E-state index in [2.05, 4.69) is 25.4 Å². The summed E-state index contributed by atoms with van der Waals surface area (Å²) in [6, 6.07) is 0. The highest BCUT2D eigenvalue weighted by Gasteiger charge is 2.13. The number of carbonyl (C=O) groups is 2. The third-order valence-corrected chi connectivity index (χ3v) is 4.85. The molecular weight excluding hydrogens is 360 g/mol. The van der Waals surface area contributed by atoms with Gasteiger partial charge in [-0.2, -0.15) is 0 Å². The molecule has 0 aliphatic heterocycles. The molecule has 0 unspecified atom stereocenters. The summed E-state index contributed by atoms with van der Waals surface area (Å²) in [7, 11) is 2.87. The van der Waals surface area contributed by atoms with Crippen LogP contribution in [0, 0.1) is 0 Å². The predicted octanol–water partition coefficient (Wildman–Crippen LogP) is 5.17. The van der Waals surface area contributed by atoms with Crippen molar-refractivity contribution in [3.05, 3.63) is 0 Å². The molecular formula is C18H33BrO4. The number of methoxy groups -OCH3 is 2. The van der Waals surface area contributed by atoms with Gasteiger partial charge in [0, 0.05) is 6.42 Å². The lowest BCUT2D eigenvalue weighted by Crippen LogP contribution is -2.15. The first kappa shape index (κ1) is 22.4. The largest absolute Gasteiger partial charge is 0.469 e. The molecule has 0 aromatic heterocycles. The van der Waals surface area contributed by atoms with E-state index in [4.69, 9.17) is 0 Å². The smallest absolute Gasteiger partial charge is 0.319 e. The van der Waals surface area contributed by atoms with Crippen LogP contribution in [-0.2, 0) is 19.1 Å². The van der Waals surface area contributed by atoms with Gasteiger partial charge in [0.15, 0.2) is 0 Å². The van der Waals surface area contributed by atoms with Crippen LogP contribution in [0.15, 0.2) is 0 Å². The van der Waals surface area contributed by atoms with Crippen molar-refractivity contribution in [2.75, 3.05) is 14.2 Å². The van der Waals surface area contributed by atoms with E-state index in [1.54, 1.807) is 0 Å². The van der Waals surface area contributed by atoms with Crippen molar-refractivity contribution in [2.24, 2.45) is 0 Å². The summed E-state index contributed by atoms with van der Waals surface area (Å²) in [5, 5.41) is 0. The summed E-state index contributed by atoms with van der Waals surface area (Å²) < 4.78 is 9.29. The molecule has 0 amide bonds. The van der Waals surface area contributed by atoms with Gasteiger partial charge < -0.3 is 9.47 Å². The Hall–Kier alpha value is -0.580. The molecule has 4 nitrogen and oxygen atoms in total. The molecule has 23 heavy (non-hydrogen) atoms. The van der Waals surface area contributed by atoms with E-state index < -0.39 is 0 Å². The maximum Gasteiger partial charge on any atom is 0.319 e. The van der Waals surface area contributed by atoms with Crippen molar-refractivity contribution >= 4 is 27.9 Å². The summed E-state index contributed by atoms with van der Waals surface area (Å²) in [4.78, 5) is 22.0. The summed E-state index contributed by atoms with van der Waals surface area (Å²) in [5.74, 6) is -0.264. The van der Waals surface area contributed by atoms with Gasteiger partial charge >= 0.3 is 11.9 Å². The highest BCUT2D eigenvalue weighted by Crippen LogP contribution is 2.15. The third-order valence-electron chi connectivity index (χ3n) is 4.02. The van der Waals surface area contributed by atoms with Crippen LogP contribution in [0.2, 0.25) is 0 Å². The zero-order chi connectivity index (χ0) is 17.3. The molecule has 0 aromatic rings. The number of carbonyl (C=O) groups excluding carboxylic acids is 2. The van der Waals surface area contributed by atoms with Crippen molar-refractivity contribution in [1.82, 2.24) is 0 Å². The second-order valence-corrected chi connectivity index (χ2v) is 7.10. The fourth-order valence-corrected chi connectivity index (χ4v) is 3.04. The lowest BCUT2D eigenvalue weighted by molar-refractivity contribution is -0.141. The Morgan fingerprint density at radius 2 is 1.17 bits per heavy atom. The second-order valence-electron chi connectivity index (χ2n) is 5.99. The Labute approximate surface area is 149 Å². The SMILES string of the molecule is COC(=O)CCCCCCCCCCCCC[C@@H](Br)C(=O)OC. The Morgan fingerprint density at radius 3 is 1.61 bits per heavy atom. The minimum absolute atomic E-state index is 0.0946. The molecule has 0 aliphatic carbocycles. The zero-order valence-corrected chi connectivity index (χ0v) is 16.4. The Kier molecular flexibility index (Phi) is 15.9. The molecule has 0 rings (SSSR count). The Balaban J connectivity index is 3.16. The van der Waals surface area contributed by atoms with Gasteiger partial charge in [-0.1, -0.05) is 80.1 Å². The van der Waals surface area contributed by atoms with Gasteiger partial charge in [-0.3, -0.25) is 9.59 Å². The maximum atomic E-state index is 11.2. The van der Waals surface area contributed by atoms with Crippen molar-refractivity contribution < 1.29 is 19.1 Å². The molecule has 1 atom stereocenters. The summed E-state index contributed by atoms with van der Waals surface area (Å²) >= 11 is 3.34. The molecule has 0 aromatic carbocycles. The highest BCUT2D eigenvalue weighted by molar-refractivity contribution is 9.10. The van der Waals surface area contributed by atoms with E-state index in [0.717, 1.165) is 25.7 Å². The monoisotopic (exact) mass is 392 g/mol. The van der Waals surface area contributed by atoms with Gasteiger partial charge in [0.25, 0.3) is 0 Å². The minimum atomic E-state index is -0.170. The van der Waals surface area contributed by atoms with E-state index in [0.29, 0.717) is 6.42 Å². The fourth-order valence-electron chi connectivity index (χ4n) is 2.53. The van der Waals surface area contributed by atoms with Crippen LogP contribution in [0.3, 0.4) is 0 Å². The first-order chi connectivity index (χ1) is 11.1. The van der Waals surface area contributed by atoms with Crippen LogP contribution in [0.1, 0.15) is 83.5 Å². The van der Waals surface area contributed by atoms with Crippen LogP contribution >= 0.6 is 15.9 Å². The van der Waals surface area contributed by atoms with Gasteiger partial charge in [0.2, 0.25) is 0 Å². The van der Waals surface area contributed by atoms with Crippen LogP contribution < -0.4 is 0 Å². The molecule has 0 saturated heterocycles. The number of hydrogen-bond acceptors (Lipinski definition) is 4. The topological polar surface area (TPSA) is 52.6 Å². The van der Waals surface area contributed by atoms with E-state index in [-0.39, 0.29) is 16.8 Å². The molecule has 0 aliphatic rings. The summed E-state index contributed by atoms with van der Waals surface area (Å²) in [5.41, 5.74) is 0. The molecule has 0 bridgehead atoms. The van der Waals surface area contributed by atoms with Gasteiger partial charge in [0.1, 0.15) is 4.83 Å². The molecule has 0 radical (unpaired) electrons. The van der Waals surface area contributed by atoms with Crippen LogP contribution in [0.4, 0.5) is 0 Å². The van der Waals surface area contributed by atoms with Crippen LogP contribution in [-0.4, -0.2) is 31.0 Å². The van der Waals surface area contributed by atoms with E-state index in [9.17, 15) is 9.59 Å². The average Bonchev–Trinajstić information content (AvgIpc) is 2.57. The van der Waals surface area contributed by atoms with E-state index in [1.165, 1.54) is 65.6 Å². The number of esters is 2. The highest BCUT2D eigenvalue weighted by atomic mass is 79.9. The van der Waals surface area contributed by atoms with E-state index in [1.807, 2.05) is 0 Å². The van der Waals surface area contributed by atoms with Crippen LogP contribution in [0.5, 0.6) is 0 Å². The molecule has 5 heteroatoms. The molecule has 0 fully saturated rings. The van der Waals surface area contributed by atoms with Crippen molar-refractivity contribution in [3.8, 4) is 0 Å². The van der Waals surface area contributed by atoms with Crippen molar-refractivity contribution in [3.63, 3.8) is 0 Å². The van der Waals surface area contributed by atoms with Crippen LogP contribution in [0.25, 0.3) is 0 Å². The second kappa shape index (κ2) is 16.3. The number of ether oxygens (including phenoxy) is 2. The fraction of sp³-hybridized carbons (Fsp3) is 0.889. The van der Waals surface area contributed by atoms with E-state index >= 15 is 0 Å². The maximum absolute atomic E-state index is 11.2. The van der Waals surface area contributed by atoms with Gasteiger partial charge in [0.05, 0.1) is 14.2 Å². The standard InChI is InChI=1S/C18H33BrO4/c1-22-17(20)15-13-11-9-7-5-3-4-6-8-10-12-14-16(19)18(21)23-2/h16H,3-15H2,1-2H3/t16-/m1/s1. The normalized spacial score (nSPS) is 12.0. The quantitative estimate of drug-likeness (QED) is 0.219. The number of halogens is 1. The molecule has 0 N–H and O–H groups in total. The average molecular weight is 393 g/mol. The number of alkyl halides is 1. The minimum Gasteiger partial charge on any atom is -0.469 e. The third kappa shape index (κ3) is 14.7. The predicted molar refractivity (Wildman–Crippen MR) is 96.8 cm³/mol.